The van der Waals surface area contributed by atoms with Crippen molar-refractivity contribution in [3.05, 3.63) is 0 Å². The molecular formula is C17H40NO2P. The Kier molecular flexibility index (Phi) is 9.06. The van der Waals surface area contributed by atoms with Crippen LogP contribution in [-0.4, -0.2) is 29.5 Å². The van der Waals surface area contributed by atoms with Gasteiger partial charge in [-0.05, 0) is 44.9 Å². The lowest BCUT2D eigenvalue weighted by molar-refractivity contribution is 0.157. The third-order valence-electron chi connectivity index (χ3n) is 3.65. The minimum absolute atomic E-state index is 0. The van der Waals surface area contributed by atoms with Gasteiger partial charge in [-0.1, -0.05) is 42.5 Å². The first-order valence-corrected chi connectivity index (χ1v) is 9.03. The van der Waals surface area contributed by atoms with Gasteiger partial charge < -0.3 is 4.52 Å². The van der Waals surface area contributed by atoms with E-state index in [4.69, 9.17) is 4.52 Å². The van der Waals surface area contributed by atoms with Crippen LogP contribution >= 0.6 is 7.52 Å². The van der Waals surface area contributed by atoms with Crippen LogP contribution in [0.3, 0.4) is 0 Å². The largest absolute Gasteiger partial charge is 0.316 e. The van der Waals surface area contributed by atoms with Crippen LogP contribution in [0.5, 0.6) is 0 Å². The van der Waals surface area contributed by atoms with Gasteiger partial charge in [0, 0.05) is 13.1 Å². The van der Waals surface area contributed by atoms with Gasteiger partial charge >= 0.3 is 0 Å². The van der Waals surface area contributed by atoms with E-state index in [1.54, 1.807) is 0 Å². The topological polar surface area (TPSA) is 29.5 Å². The quantitative estimate of drug-likeness (QED) is 0.593. The molecule has 0 amide bonds. The summed E-state index contributed by atoms with van der Waals surface area (Å²) in [5.41, 5.74) is 0.0456. The smallest absolute Gasteiger partial charge is 0.277 e. The third-order valence-corrected chi connectivity index (χ3v) is 6.97. The molecule has 130 valence electrons. The highest BCUT2D eigenvalue weighted by atomic mass is 31.2. The fraction of sp³-hybridized carbons (Fsp3) is 1.00. The molecule has 0 aromatic rings. The van der Waals surface area contributed by atoms with Crippen LogP contribution in [0.1, 0.15) is 76.2 Å². The van der Waals surface area contributed by atoms with E-state index in [1.165, 1.54) is 0 Å². The number of piperidine rings is 1. The summed E-state index contributed by atoms with van der Waals surface area (Å²) in [5, 5.41) is -0.321. The fourth-order valence-electron chi connectivity index (χ4n) is 2.24. The van der Waals surface area contributed by atoms with Gasteiger partial charge in [0.2, 0.25) is 0 Å². The van der Waals surface area contributed by atoms with Gasteiger partial charge in [0.25, 0.3) is 7.52 Å². The summed E-state index contributed by atoms with van der Waals surface area (Å²) in [6.45, 7) is 17.1. The Morgan fingerprint density at radius 2 is 1.48 bits per heavy atom. The predicted octanol–water partition coefficient (Wildman–Crippen LogP) is 6.04. The lowest BCUT2D eigenvalue weighted by Gasteiger charge is -2.43. The molecule has 0 aliphatic carbocycles. The van der Waals surface area contributed by atoms with Gasteiger partial charge in [-0.25, -0.2) is 4.67 Å². The average Bonchev–Trinajstić information content (AvgIpc) is 2.24. The highest BCUT2D eigenvalue weighted by Crippen LogP contribution is 2.62. The van der Waals surface area contributed by atoms with Gasteiger partial charge in [-0.2, -0.15) is 0 Å². The van der Waals surface area contributed by atoms with Crippen molar-refractivity contribution in [1.82, 2.24) is 4.67 Å². The van der Waals surface area contributed by atoms with Crippen molar-refractivity contribution in [2.24, 2.45) is 11.3 Å². The summed E-state index contributed by atoms with van der Waals surface area (Å²) in [5.74, 6) is 0.743. The third kappa shape index (κ3) is 6.42. The number of hydrogen-bond donors (Lipinski definition) is 0. The second-order valence-electron chi connectivity index (χ2n) is 8.16. The number of rotatable bonds is 3. The second kappa shape index (κ2) is 8.13. The maximum absolute atomic E-state index is 13.4. The van der Waals surface area contributed by atoms with Gasteiger partial charge in [0.05, 0.1) is 11.8 Å². The van der Waals surface area contributed by atoms with E-state index in [0.717, 1.165) is 31.8 Å². The Morgan fingerprint density at radius 3 is 1.81 bits per heavy atom. The van der Waals surface area contributed by atoms with Crippen molar-refractivity contribution < 1.29 is 9.09 Å². The van der Waals surface area contributed by atoms with E-state index in [2.05, 4.69) is 32.4 Å². The summed E-state index contributed by atoms with van der Waals surface area (Å²) < 4.78 is 21.6. The molecule has 0 bridgehead atoms. The van der Waals surface area contributed by atoms with Crippen LogP contribution in [0, 0.1) is 11.3 Å². The Hall–Kier alpha value is 0.150. The van der Waals surface area contributed by atoms with Crippen LogP contribution in [0.2, 0.25) is 0 Å². The van der Waals surface area contributed by atoms with Crippen molar-refractivity contribution in [2.45, 2.75) is 81.3 Å². The maximum atomic E-state index is 13.4. The number of nitrogens with zero attached hydrogens (tertiary/aromatic N) is 1. The van der Waals surface area contributed by atoms with Gasteiger partial charge in [-0.3, -0.25) is 4.57 Å². The molecule has 1 aliphatic heterocycles. The van der Waals surface area contributed by atoms with Gasteiger partial charge in [0.1, 0.15) is 0 Å². The molecule has 0 saturated carbocycles. The zero-order valence-electron chi connectivity index (χ0n) is 13.8. The Morgan fingerprint density at radius 1 is 1.05 bits per heavy atom. The molecule has 21 heavy (non-hydrogen) atoms. The molecule has 1 atom stereocenters. The van der Waals surface area contributed by atoms with E-state index in [-0.39, 0.29) is 25.4 Å². The van der Waals surface area contributed by atoms with E-state index >= 15 is 0 Å². The predicted molar refractivity (Wildman–Crippen MR) is 96.2 cm³/mol. The molecule has 1 saturated heterocycles. The summed E-state index contributed by atoms with van der Waals surface area (Å²) in [6, 6.07) is 0. The molecule has 0 aromatic carbocycles. The molecule has 3 nitrogen and oxygen atoms in total. The van der Waals surface area contributed by atoms with E-state index in [1.807, 2.05) is 20.8 Å². The summed E-state index contributed by atoms with van der Waals surface area (Å²) in [4.78, 5) is 0. The molecule has 0 radical (unpaired) electrons. The Bertz CT molecular complexity index is 334. The Labute approximate surface area is 134 Å². The lowest BCUT2D eigenvalue weighted by Crippen LogP contribution is -2.38. The van der Waals surface area contributed by atoms with Crippen LogP contribution in [0.4, 0.5) is 0 Å². The minimum Gasteiger partial charge on any atom is -0.316 e. The van der Waals surface area contributed by atoms with E-state index < -0.39 is 7.52 Å². The van der Waals surface area contributed by atoms with Gasteiger partial charge in [0.15, 0.2) is 0 Å². The van der Waals surface area contributed by atoms with E-state index in [0.29, 0.717) is 6.61 Å². The molecular weight excluding hydrogens is 281 g/mol. The minimum atomic E-state index is -2.77. The molecule has 1 fully saturated rings. The average molecular weight is 321 g/mol. The zero-order valence-corrected chi connectivity index (χ0v) is 14.7. The summed E-state index contributed by atoms with van der Waals surface area (Å²) in [7, 11) is -2.77. The molecule has 1 heterocycles. The monoisotopic (exact) mass is 321 g/mol. The fourth-order valence-corrected chi connectivity index (χ4v) is 4.96. The normalized spacial score (nSPS) is 21.1. The lowest BCUT2D eigenvalue weighted by atomic mass is 9.99. The highest BCUT2D eigenvalue weighted by Gasteiger charge is 2.45. The Balaban J connectivity index is 0. The van der Waals surface area contributed by atoms with Crippen molar-refractivity contribution >= 4 is 7.52 Å². The van der Waals surface area contributed by atoms with E-state index in [9.17, 15) is 4.57 Å². The number of hydrogen-bond acceptors (Lipinski definition) is 2. The standard InChI is InChI=1S/C15H32NO2P.2CH4/c1-13-8-10-16(11-9-13)19(17,15(5,6)7)18-12-14(2,3)4;;/h13H,8-12H2,1-7H3;2*1H4. The summed E-state index contributed by atoms with van der Waals surface area (Å²) in [6.07, 6.45) is 2.25. The van der Waals surface area contributed by atoms with Crippen LogP contribution in [-0.2, 0) is 9.09 Å². The van der Waals surface area contributed by atoms with Crippen LogP contribution in [0.15, 0.2) is 0 Å². The first-order valence-electron chi connectivity index (χ1n) is 7.46. The zero-order chi connectivity index (χ0) is 14.9. The molecule has 0 N–H and O–H groups in total. The van der Waals surface area contributed by atoms with Crippen molar-refractivity contribution in [1.29, 1.82) is 0 Å². The van der Waals surface area contributed by atoms with Crippen LogP contribution in [0.25, 0.3) is 0 Å². The molecule has 1 rings (SSSR count). The maximum Gasteiger partial charge on any atom is 0.277 e. The van der Waals surface area contributed by atoms with Crippen molar-refractivity contribution in [3.8, 4) is 0 Å². The SMILES string of the molecule is C.C.CC1CCN(P(=O)(OCC(C)(C)C)C(C)(C)C)CC1. The first kappa shape index (κ1) is 23.4. The van der Waals surface area contributed by atoms with Crippen molar-refractivity contribution in [3.63, 3.8) is 0 Å². The molecule has 1 aliphatic rings. The summed E-state index contributed by atoms with van der Waals surface area (Å²) >= 11 is 0. The van der Waals surface area contributed by atoms with Crippen LogP contribution < -0.4 is 0 Å². The molecule has 4 heteroatoms. The second-order valence-corrected chi connectivity index (χ2v) is 11.4. The molecule has 0 spiro atoms. The molecule has 1 unspecified atom stereocenters. The molecule has 0 aromatic heterocycles. The highest BCUT2D eigenvalue weighted by molar-refractivity contribution is 7.58. The van der Waals surface area contributed by atoms with Gasteiger partial charge in [-0.15, -0.1) is 0 Å². The van der Waals surface area contributed by atoms with Crippen molar-refractivity contribution in [2.75, 3.05) is 19.7 Å². The first-order chi connectivity index (χ1) is 8.46.